The summed E-state index contributed by atoms with van der Waals surface area (Å²) in [6.45, 7) is 1.82. The van der Waals surface area contributed by atoms with Gasteiger partial charge in [-0.25, -0.2) is 4.98 Å². The van der Waals surface area contributed by atoms with Crippen molar-refractivity contribution in [1.29, 1.82) is 0 Å². The van der Waals surface area contributed by atoms with E-state index >= 15 is 0 Å². The molecule has 0 aliphatic rings. The summed E-state index contributed by atoms with van der Waals surface area (Å²) in [5.41, 5.74) is 4.17. The van der Waals surface area contributed by atoms with Crippen LogP contribution in [0.25, 0.3) is 10.9 Å². The lowest BCUT2D eigenvalue weighted by atomic mass is 10.1. The Hall–Kier alpha value is -2.58. The molecule has 0 aliphatic carbocycles. The number of hydrogen-bond acceptors (Lipinski definition) is 7. The summed E-state index contributed by atoms with van der Waals surface area (Å²) in [5, 5.41) is 12.4. The number of anilines is 2. The zero-order chi connectivity index (χ0) is 14.8. The van der Waals surface area contributed by atoms with Gasteiger partial charge < -0.3 is 5.43 Å². The van der Waals surface area contributed by atoms with Crippen molar-refractivity contribution in [2.75, 3.05) is 10.7 Å². The van der Waals surface area contributed by atoms with E-state index in [0.717, 1.165) is 10.4 Å². The lowest BCUT2D eigenvalue weighted by molar-refractivity contribution is 0.102. The van der Waals surface area contributed by atoms with Crippen molar-refractivity contribution in [3.05, 3.63) is 41.0 Å². The molecule has 2 aromatic heterocycles. The van der Waals surface area contributed by atoms with E-state index in [9.17, 15) is 4.79 Å². The molecular formula is C13H12N6OS. The Morgan fingerprint density at radius 1 is 1.29 bits per heavy atom. The van der Waals surface area contributed by atoms with E-state index in [-0.39, 0.29) is 11.6 Å². The van der Waals surface area contributed by atoms with E-state index in [4.69, 9.17) is 5.84 Å². The Balaban J connectivity index is 1.98. The Morgan fingerprint density at radius 2 is 2.10 bits per heavy atom. The molecule has 0 fully saturated rings. The van der Waals surface area contributed by atoms with Gasteiger partial charge in [0.2, 0.25) is 5.13 Å². The third-order valence-electron chi connectivity index (χ3n) is 2.85. The monoisotopic (exact) mass is 300 g/mol. The number of rotatable bonds is 3. The van der Waals surface area contributed by atoms with Gasteiger partial charge >= 0.3 is 0 Å². The van der Waals surface area contributed by atoms with Crippen molar-refractivity contribution in [2.45, 2.75) is 6.92 Å². The smallest absolute Gasteiger partial charge is 0.276 e. The maximum atomic E-state index is 12.2. The number of carbonyl (C=O) groups excluding carboxylic acids is 1. The Bertz CT molecular complexity index is 815. The highest BCUT2D eigenvalue weighted by Crippen LogP contribution is 2.23. The van der Waals surface area contributed by atoms with Crippen LogP contribution in [0.2, 0.25) is 0 Å². The Morgan fingerprint density at radius 3 is 2.81 bits per heavy atom. The molecule has 106 valence electrons. The van der Waals surface area contributed by atoms with Crippen LogP contribution in [0.4, 0.5) is 10.8 Å². The number of nitrogens with zero attached hydrogens (tertiary/aromatic N) is 3. The lowest BCUT2D eigenvalue weighted by Crippen LogP contribution is -2.15. The fraction of sp³-hybridized carbons (Fsp3) is 0.0769. The molecule has 0 unspecified atom stereocenters. The molecule has 0 radical (unpaired) electrons. The average molecular weight is 300 g/mol. The molecular weight excluding hydrogens is 288 g/mol. The van der Waals surface area contributed by atoms with Crippen molar-refractivity contribution in [3.8, 4) is 0 Å². The number of hydrogen-bond donors (Lipinski definition) is 3. The fourth-order valence-corrected chi connectivity index (χ4v) is 2.51. The molecule has 4 N–H and O–H groups in total. The van der Waals surface area contributed by atoms with Gasteiger partial charge in [0.15, 0.2) is 0 Å². The molecule has 7 nitrogen and oxygen atoms in total. The highest BCUT2D eigenvalue weighted by atomic mass is 32.1. The van der Waals surface area contributed by atoms with Gasteiger partial charge in [-0.1, -0.05) is 29.5 Å². The SMILES string of the molecule is Cc1nnc(NC(=O)c2cc(NN)c3ccccc3n2)s1. The highest BCUT2D eigenvalue weighted by Gasteiger charge is 2.13. The van der Waals surface area contributed by atoms with Crippen LogP contribution < -0.4 is 16.6 Å². The van der Waals surface area contributed by atoms with Gasteiger partial charge in [0.25, 0.3) is 5.91 Å². The average Bonchev–Trinajstić information content (AvgIpc) is 2.91. The minimum atomic E-state index is -0.353. The molecule has 0 saturated heterocycles. The second kappa shape index (κ2) is 5.43. The zero-order valence-electron chi connectivity index (χ0n) is 11.1. The third-order valence-corrected chi connectivity index (χ3v) is 3.60. The van der Waals surface area contributed by atoms with Crippen molar-refractivity contribution < 1.29 is 4.79 Å². The summed E-state index contributed by atoms with van der Waals surface area (Å²) in [5.74, 6) is 5.16. The predicted octanol–water partition coefficient (Wildman–Crippen LogP) is 1.93. The minimum absolute atomic E-state index is 0.259. The van der Waals surface area contributed by atoms with Crippen molar-refractivity contribution in [1.82, 2.24) is 15.2 Å². The van der Waals surface area contributed by atoms with Crippen LogP contribution in [-0.2, 0) is 0 Å². The fourth-order valence-electron chi connectivity index (χ4n) is 1.92. The number of fused-ring (bicyclic) bond motifs is 1. The summed E-state index contributed by atoms with van der Waals surface area (Å²) >= 11 is 1.30. The van der Waals surface area contributed by atoms with Gasteiger partial charge in [0.05, 0.1) is 11.2 Å². The first-order chi connectivity index (χ1) is 10.2. The van der Waals surface area contributed by atoms with Crippen LogP contribution in [0.5, 0.6) is 0 Å². The van der Waals surface area contributed by atoms with E-state index < -0.39 is 0 Å². The molecule has 0 bridgehead atoms. The first-order valence-corrected chi connectivity index (χ1v) is 6.97. The van der Waals surface area contributed by atoms with Gasteiger partial charge in [0, 0.05) is 5.39 Å². The van der Waals surface area contributed by atoms with Gasteiger partial charge in [-0.15, -0.1) is 10.2 Å². The second-order valence-corrected chi connectivity index (χ2v) is 5.48. The van der Waals surface area contributed by atoms with Crippen molar-refractivity contribution in [3.63, 3.8) is 0 Å². The third kappa shape index (κ3) is 2.67. The lowest BCUT2D eigenvalue weighted by Gasteiger charge is -2.08. The molecule has 0 saturated carbocycles. The van der Waals surface area contributed by atoms with Crippen LogP contribution in [0.15, 0.2) is 30.3 Å². The van der Waals surface area contributed by atoms with Gasteiger partial charge in [0.1, 0.15) is 10.7 Å². The summed E-state index contributed by atoms with van der Waals surface area (Å²) in [6.07, 6.45) is 0. The maximum absolute atomic E-state index is 12.2. The number of carbonyl (C=O) groups is 1. The molecule has 1 amide bonds. The minimum Gasteiger partial charge on any atom is -0.323 e. The zero-order valence-corrected chi connectivity index (χ0v) is 11.9. The Labute approximate surface area is 124 Å². The molecule has 8 heteroatoms. The molecule has 3 aromatic rings. The number of aromatic nitrogens is 3. The summed E-state index contributed by atoms with van der Waals surface area (Å²) < 4.78 is 0. The van der Waals surface area contributed by atoms with Gasteiger partial charge in [-0.05, 0) is 19.1 Å². The summed E-state index contributed by atoms with van der Waals surface area (Å²) in [4.78, 5) is 16.6. The van der Waals surface area contributed by atoms with Crippen molar-refractivity contribution in [2.24, 2.45) is 5.84 Å². The molecule has 21 heavy (non-hydrogen) atoms. The van der Waals surface area contributed by atoms with E-state index in [2.05, 4.69) is 25.9 Å². The molecule has 0 aliphatic heterocycles. The number of aryl methyl sites for hydroxylation is 1. The number of benzene rings is 1. The number of nitrogen functional groups attached to an aromatic ring is 1. The van der Waals surface area contributed by atoms with E-state index in [0.29, 0.717) is 16.3 Å². The van der Waals surface area contributed by atoms with E-state index in [1.165, 1.54) is 11.3 Å². The van der Waals surface area contributed by atoms with Crippen molar-refractivity contribution >= 4 is 39.0 Å². The summed E-state index contributed by atoms with van der Waals surface area (Å²) in [7, 11) is 0. The van der Waals surface area contributed by atoms with Crippen LogP contribution >= 0.6 is 11.3 Å². The standard InChI is InChI=1S/C13H12N6OS/c1-7-18-19-13(21-7)16-12(20)11-6-10(17-14)8-4-2-3-5-9(8)15-11/h2-6H,14H2,1H3,(H,15,17)(H,16,19,20). The number of amides is 1. The summed E-state index contributed by atoms with van der Waals surface area (Å²) in [6, 6.07) is 9.04. The number of nitrogens with two attached hydrogens (primary N) is 1. The predicted molar refractivity (Wildman–Crippen MR) is 82.2 cm³/mol. The highest BCUT2D eigenvalue weighted by molar-refractivity contribution is 7.15. The largest absolute Gasteiger partial charge is 0.323 e. The van der Waals surface area contributed by atoms with Crippen LogP contribution in [0, 0.1) is 6.92 Å². The van der Waals surface area contributed by atoms with Gasteiger partial charge in [-0.3, -0.25) is 16.0 Å². The Kier molecular flexibility index (Phi) is 3.46. The van der Waals surface area contributed by atoms with Crippen LogP contribution in [0.3, 0.4) is 0 Å². The van der Waals surface area contributed by atoms with Crippen LogP contribution in [-0.4, -0.2) is 21.1 Å². The number of pyridine rings is 1. The molecule has 0 spiro atoms. The van der Waals surface area contributed by atoms with Crippen LogP contribution in [0.1, 0.15) is 15.5 Å². The number of para-hydroxylation sites is 1. The van der Waals surface area contributed by atoms with E-state index in [1.54, 1.807) is 6.07 Å². The molecule has 1 aromatic carbocycles. The molecule has 0 atom stereocenters. The number of nitrogens with one attached hydrogen (secondary N) is 2. The number of hydrazine groups is 1. The topological polar surface area (TPSA) is 106 Å². The molecule has 3 rings (SSSR count). The quantitative estimate of drug-likeness (QED) is 0.504. The van der Waals surface area contributed by atoms with E-state index in [1.807, 2.05) is 31.2 Å². The first-order valence-electron chi connectivity index (χ1n) is 6.15. The maximum Gasteiger partial charge on any atom is 0.276 e. The first kappa shape index (κ1) is 13.4. The second-order valence-electron chi connectivity index (χ2n) is 4.30. The molecule has 2 heterocycles. The normalized spacial score (nSPS) is 10.6. The van der Waals surface area contributed by atoms with Gasteiger partial charge in [-0.2, -0.15) is 0 Å².